The van der Waals surface area contributed by atoms with Crippen LogP contribution in [0.4, 0.5) is 4.39 Å². The molecule has 1 unspecified atom stereocenters. The molecule has 0 heterocycles. The van der Waals surface area contributed by atoms with Crippen LogP contribution in [0.2, 0.25) is 0 Å². The summed E-state index contributed by atoms with van der Waals surface area (Å²) < 4.78 is 13.9. The quantitative estimate of drug-likeness (QED) is 0.514. The molecule has 0 spiro atoms. The van der Waals surface area contributed by atoms with Gasteiger partial charge in [0, 0.05) is 10.2 Å². The number of halogens is 2. The van der Waals surface area contributed by atoms with Gasteiger partial charge < -0.3 is 0 Å². The fourth-order valence-corrected chi connectivity index (χ4v) is 3.37. The molecule has 0 aromatic heterocycles. The molecule has 0 aliphatic rings. The van der Waals surface area contributed by atoms with Gasteiger partial charge >= 0.3 is 0 Å². The lowest BCUT2D eigenvalue weighted by molar-refractivity contribution is 0.639. The van der Waals surface area contributed by atoms with Gasteiger partial charge in [-0.15, -0.1) is 0 Å². The lowest BCUT2D eigenvalue weighted by Crippen LogP contribution is -1.97. The first-order valence-electron chi connectivity index (χ1n) is 7.02. The molecule has 0 nitrogen and oxygen atoms in total. The molecule has 0 N–H and O–H groups in total. The summed E-state index contributed by atoms with van der Waals surface area (Å²) >= 11 is 3.76. The van der Waals surface area contributed by atoms with Crippen LogP contribution in [0, 0.1) is 12.7 Å². The van der Waals surface area contributed by atoms with Crippen molar-refractivity contribution < 1.29 is 4.39 Å². The van der Waals surface area contributed by atoms with Crippen LogP contribution in [0.3, 0.4) is 0 Å². The van der Waals surface area contributed by atoms with Crippen molar-refractivity contribution in [3.05, 3.63) is 83.2 Å². The Morgan fingerprint density at radius 3 is 2.29 bits per heavy atom. The molecule has 0 aliphatic heterocycles. The molecule has 1 atom stereocenters. The van der Waals surface area contributed by atoms with Gasteiger partial charge in [0.25, 0.3) is 0 Å². The van der Waals surface area contributed by atoms with E-state index < -0.39 is 0 Å². The largest absolute Gasteiger partial charge is 0.206 e. The van der Waals surface area contributed by atoms with E-state index in [-0.39, 0.29) is 10.6 Å². The zero-order chi connectivity index (χ0) is 14.8. The molecule has 0 bridgehead atoms. The summed E-state index contributed by atoms with van der Waals surface area (Å²) in [5.41, 5.74) is 3.67. The first-order chi connectivity index (χ1) is 10.1. The molecule has 0 fully saturated rings. The smallest absolute Gasteiger partial charge is 0.131 e. The van der Waals surface area contributed by atoms with Gasteiger partial charge in [-0.25, -0.2) is 4.39 Å². The van der Waals surface area contributed by atoms with Crippen molar-refractivity contribution >= 4 is 26.7 Å². The molecule has 3 aromatic rings. The monoisotopic (exact) mass is 342 g/mol. The lowest BCUT2D eigenvalue weighted by atomic mass is 9.98. The molecule has 0 amide bonds. The predicted molar refractivity (Wildman–Crippen MR) is 90.5 cm³/mol. The zero-order valence-corrected chi connectivity index (χ0v) is 13.4. The first kappa shape index (κ1) is 14.3. The number of hydrogen-bond donors (Lipinski definition) is 0. The number of rotatable bonds is 3. The van der Waals surface area contributed by atoms with Crippen molar-refractivity contribution in [2.45, 2.75) is 18.2 Å². The van der Waals surface area contributed by atoms with E-state index in [4.69, 9.17) is 0 Å². The fourth-order valence-electron chi connectivity index (χ4n) is 2.60. The zero-order valence-electron chi connectivity index (χ0n) is 11.8. The molecule has 21 heavy (non-hydrogen) atoms. The van der Waals surface area contributed by atoms with E-state index in [0.717, 1.165) is 17.4 Å². The molecule has 0 saturated carbocycles. The number of fused-ring (bicyclic) bond motifs is 1. The van der Waals surface area contributed by atoms with Crippen LogP contribution in [-0.2, 0) is 6.42 Å². The van der Waals surface area contributed by atoms with E-state index >= 15 is 0 Å². The van der Waals surface area contributed by atoms with E-state index in [1.165, 1.54) is 11.1 Å². The maximum absolute atomic E-state index is 13.9. The summed E-state index contributed by atoms with van der Waals surface area (Å²) in [5, 5.41) is 1.66. The van der Waals surface area contributed by atoms with Crippen LogP contribution in [0.5, 0.6) is 0 Å². The maximum atomic E-state index is 13.9. The Kier molecular flexibility index (Phi) is 4.07. The summed E-state index contributed by atoms with van der Waals surface area (Å²) in [4.78, 5) is 0.172. The fraction of sp³-hybridized carbons (Fsp3) is 0.158. The third kappa shape index (κ3) is 3.01. The van der Waals surface area contributed by atoms with E-state index in [9.17, 15) is 4.39 Å². The normalized spacial score (nSPS) is 12.5. The van der Waals surface area contributed by atoms with Crippen LogP contribution < -0.4 is 0 Å². The Morgan fingerprint density at radius 2 is 1.57 bits per heavy atom. The number of hydrogen-bond acceptors (Lipinski definition) is 0. The van der Waals surface area contributed by atoms with Gasteiger partial charge in [0.2, 0.25) is 0 Å². The molecule has 0 saturated heterocycles. The van der Waals surface area contributed by atoms with Gasteiger partial charge in [-0.2, -0.15) is 0 Å². The highest BCUT2D eigenvalue weighted by atomic mass is 79.9. The maximum Gasteiger partial charge on any atom is 0.131 e. The third-order valence-electron chi connectivity index (χ3n) is 3.78. The Hall–Kier alpha value is -1.67. The van der Waals surface area contributed by atoms with Crippen LogP contribution in [-0.4, -0.2) is 0 Å². The van der Waals surface area contributed by atoms with Crippen molar-refractivity contribution in [3.63, 3.8) is 0 Å². The Morgan fingerprint density at radius 1 is 0.905 bits per heavy atom. The van der Waals surface area contributed by atoms with E-state index in [2.05, 4.69) is 47.1 Å². The average molecular weight is 343 g/mol. The van der Waals surface area contributed by atoms with Crippen LogP contribution in [0.15, 0.2) is 60.7 Å². The minimum atomic E-state index is -0.163. The summed E-state index contributed by atoms with van der Waals surface area (Å²) in [6.07, 6.45) is 0.885. The van der Waals surface area contributed by atoms with Gasteiger partial charge in [-0.3, -0.25) is 0 Å². The van der Waals surface area contributed by atoms with E-state index in [1.54, 1.807) is 6.07 Å². The van der Waals surface area contributed by atoms with Crippen molar-refractivity contribution in [1.29, 1.82) is 0 Å². The SMILES string of the molecule is Cc1ccc(CC(Br)c2ccc(F)c3ccccc23)cc1. The number of aryl methyl sites for hydroxylation is 1. The minimum absolute atomic E-state index is 0.163. The first-order valence-corrected chi connectivity index (χ1v) is 7.93. The Balaban J connectivity index is 1.96. The molecular weight excluding hydrogens is 327 g/mol. The number of benzene rings is 3. The van der Waals surface area contributed by atoms with Gasteiger partial charge in [0.05, 0.1) is 0 Å². The second kappa shape index (κ2) is 5.98. The Labute approximate surface area is 132 Å². The van der Waals surface area contributed by atoms with Crippen molar-refractivity contribution in [1.82, 2.24) is 0 Å². The summed E-state index contributed by atoms with van der Waals surface area (Å²) in [6, 6.07) is 19.6. The highest BCUT2D eigenvalue weighted by Crippen LogP contribution is 2.33. The molecule has 106 valence electrons. The van der Waals surface area contributed by atoms with Crippen LogP contribution in [0.1, 0.15) is 21.5 Å². The number of alkyl halides is 1. The summed E-state index contributed by atoms with van der Waals surface area (Å²) in [7, 11) is 0. The summed E-state index contributed by atoms with van der Waals surface area (Å²) in [6.45, 7) is 2.09. The van der Waals surface area contributed by atoms with Crippen molar-refractivity contribution in [2.24, 2.45) is 0 Å². The summed E-state index contributed by atoms with van der Waals surface area (Å²) in [5.74, 6) is -0.163. The molecular formula is C19H16BrF. The highest BCUT2D eigenvalue weighted by Gasteiger charge is 2.13. The minimum Gasteiger partial charge on any atom is -0.206 e. The van der Waals surface area contributed by atoms with Gasteiger partial charge in [-0.1, -0.05) is 76.1 Å². The highest BCUT2D eigenvalue weighted by molar-refractivity contribution is 9.09. The lowest BCUT2D eigenvalue weighted by Gasteiger charge is -2.14. The van der Waals surface area contributed by atoms with Crippen LogP contribution >= 0.6 is 15.9 Å². The molecule has 2 heteroatoms. The Bertz CT molecular complexity index is 762. The predicted octanol–water partition coefficient (Wildman–Crippen LogP) is 5.97. The molecule has 0 aliphatic carbocycles. The third-order valence-corrected chi connectivity index (χ3v) is 4.59. The van der Waals surface area contributed by atoms with E-state index in [1.807, 2.05) is 30.3 Å². The van der Waals surface area contributed by atoms with Gasteiger partial charge in [0.1, 0.15) is 5.82 Å². The molecule has 3 aromatic carbocycles. The average Bonchev–Trinajstić information content (AvgIpc) is 2.50. The second-order valence-electron chi connectivity index (χ2n) is 5.34. The van der Waals surface area contributed by atoms with Gasteiger partial charge in [0.15, 0.2) is 0 Å². The van der Waals surface area contributed by atoms with E-state index in [0.29, 0.717) is 5.39 Å². The molecule has 0 radical (unpaired) electrons. The standard InChI is InChI=1S/C19H16BrF/c1-13-6-8-14(9-7-13)12-18(20)16-10-11-19(21)17-5-3-2-4-15(16)17/h2-11,18H,12H2,1H3. The second-order valence-corrected chi connectivity index (χ2v) is 6.44. The van der Waals surface area contributed by atoms with Crippen molar-refractivity contribution in [3.8, 4) is 0 Å². The van der Waals surface area contributed by atoms with Crippen LogP contribution in [0.25, 0.3) is 10.8 Å². The molecule has 3 rings (SSSR count). The topological polar surface area (TPSA) is 0 Å². The van der Waals surface area contributed by atoms with Gasteiger partial charge in [-0.05, 0) is 35.9 Å². The van der Waals surface area contributed by atoms with Crippen molar-refractivity contribution in [2.75, 3.05) is 0 Å².